The van der Waals surface area contributed by atoms with Crippen LogP contribution in [0.4, 0.5) is 5.69 Å². The Morgan fingerprint density at radius 3 is 1.93 bits per heavy atom. The van der Waals surface area contributed by atoms with E-state index < -0.39 is 5.97 Å². The lowest BCUT2D eigenvalue weighted by Gasteiger charge is -2.36. The number of amides is 1. The number of rotatable bonds is 4. The largest absolute Gasteiger partial charge is 0.478 e. The quantitative estimate of drug-likeness (QED) is 0.838. The Labute approximate surface area is 171 Å². The molecule has 5 nitrogen and oxygen atoms in total. The van der Waals surface area contributed by atoms with Gasteiger partial charge >= 0.3 is 5.97 Å². The van der Waals surface area contributed by atoms with Crippen molar-refractivity contribution < 1.29 is 14.7 Å². The number of carbonyl (C=O) groups is 2. The summed E-state index contributed by atoms with van der Waals surface area (Å²) < 4.78 is 0. The average molecular weight is 392 g/mol. The molecule has 0 unspecified atom stereocenters. The molecule has 1 heterocycles. The third kappa shape index (κ3) is 4.44. The summed E-state index contributed by atoms with van der Waals surface area (Å²) in [4.78, 5) is 27.9. The number of nitrogens with zero attached hydrogens (tertiary/aromatic N) is 2. The number of carbonyl (C=O) groups excluding carboxylic acids is 1. The minimum atomic E-state index is -0.980. The predicted octanol–water partition coefficient (Wildman–Crippen LogP) is 4.39. The molecule has 1 aliphatic carbocycles. The summed E-state index contributed by atoms with van der Waals surface area (Å²) in [6, 6.07) is 15.2. The molecule has 1 amide bonds. The minimum Gasteiger partial charge on any atom is -0.478 e. The van der Waals surface area contributed by atoms with Gasteiger partial charge in [0.2, 0.25) is 0 Å². The third-order valence-corrected chi connectivity index (χ3v) is 6.28. The van der Waals surface area contributed by atoms with E-state index in [-0.39, 0.29) is 11.5 Å². The van der Waals surface area contributed by atoms with Crippen LogP contribution >= 0.6 is 0 Å². The Hall–Kier alpha value is -2.82. The number of benzene rings is 2. The van der Waals surface area contributed by atoms with Gasteiger partial charge in [0.25, 0.3) is 5.91 Å². The van der Waals surface area contributed by atoms with E-state index >= 15 is 0 Å². The number of carboxylic acid groups (broad SMARTS) is 1. The molecule has 152 valence electrons. The molecule has 1 aliphatic heterocycles. The summed E-state index contributed by atoms with van der Waals surface area (Å²) >= 11 is 0. The van der Waals surface area contributed by atoms with Crippen molar-refractivity contribution in [1.29, 1.82) is 0 Å². The maximum atomic E-state index is 12.7. The van der Waals surface area contributed by atoms with E-state index in [1.807, 2.05) is 4.90 Å². The van der Waals surface area contributed by atoms with E-state index in [0.717, 1.165) is 19.0 Å². The van der Waals surface area contributed by atoms with E-state index in [9.17, 15) is 9.59 Å². The first-order valence-corrected chi connectivity index (χ1v) is 10.6. The van der Waals surface area contributed by atoms with Crippen LogP contribution in [-0.4, -0.2) is 48.1 Å². The summed E-state index contributed by atoms with van der Waals surface area (Å²) in [6.45, 7) is 2.96. The lowest BCUT2D eigenvalue weighted by Crippen LogP contribution is -2.48. The summed E-state index contributed by atoms with van der Waals surface area (Å²) in [5.74, 6) is -0.291. The second-order valence-corrected chi connectivity index (χ2v) is 8.09. The van der Waals surface area contributed by atoms with Crippen molar-refractivity contribution in [2.45, 2.75) is 38.0 Å². The topological polar surface area (TPSA) is 60.9 Å². The molecule has 0 atom stereocenters. The van der Waals surface area contributed by atoms with E-state index in [1.165, 1.54) is 55.5 Å². The van der Waals surface area contributed by atoms with Gasteiger partial charge in [-0.05, 0) is 60.7 Å². The molecule has 0 bridgehead atoms. The maximum Gasteiger partial charge on any atom is 0.335 e. The van der Waals surface area contributed by atoms with Crippen LogP contribution in [0.25, 0.3) is 0 Å². The van der Waals surface area contributed by atoms with Crippen LogP contribution in [0.5, 0.6) is 0 Å². The summed E-state index contributed by atoms with van der Waals surface area (Å²) in [5.41, 5.74) is 3.43. The Morgan fingerprint density at radius 2 is 1.34 bits per heavy atom. The monoisotopic (exact) mass is 392 g/mol. The molecule has 2 aliphatic rings. The van der Waals surface area contributed by atoms with Crippen LogP contribution in [-0.2, 0) is 0 Å². The van der Waals surface area contributed by atoms with Gasteiger partial charge in [0.05, 0.1) is 5.56 Å². The van der Waals surface area contributed by atoms with Crippen LogP contribution in [0.2, 0.25) is 0 Å². The van der Waals surface area contributed by atoms with E-state index in [4.69, 9.17) is 5.11 Å². The van der Waals surface area contributed by atoms with Gasteiger partial charge in [-0.15, -0.1) is 0 Å². The second-order valence-electron chi connectivity index (χ2n) is 8.09. The molecule has 2 aromatic rings. The molecule has 0 radical (unpaired) electrons. The highest BCUT2D eigenvalue weighted by molar-refractivity contribution is 5.96. The molecule has 1 saturated carbocycles. The fourth-order valence-electron chi connectivity index (χ4n) is 4.50. The molecule has 4 rings (SSSR count). The van der Waals surface area contributed by atoms with Crippen molar-refractivity contribution in [2.75, 3.05) is 31.1 Å². The second kappa shape index (κ2) is 8.68. The van der Waals surface area contributed by atoms with Crippen LogP contribution in [0.15, 0.2) is 48.5 Å². The van der Waals surface area contributed by atoms with Crippen molar-refractivity contribution >= 4 is 17.6 Å². The van der Waals surface area contributed by atoms with Gasteiger partial charge in [-0.2, -0.15) is 0 Å². The Balaban J connectivity index is 1.34. The molecule has 2 aromatic carbocycles. The predicted molar refractivity (Wildman–Crippen MR) is 114 cm³/mol. The molecule has 1 N–H and O–H groups in total. The van der Waals surface area contributed by atoms with Gasteiger partial charge in [0, 0.05) is 37.4 Å². The first-order chi connectivity index (χ1) is 14.1. The highest BCUT2D eigenvalue weighted by Gasteiger charge is 2.23. The van der Waals surface area contributed by atoms with Crippen LogP contribution < -0.4 is 4.90 Å². The van der Waals surface area contributed by atoms with Crippen molar-refractivity contribution in [3.63, 3.8) is 0 Å². The zero-order chi connectivity index (χ0) is 20.2. The SMILES string of the molecule is O=C(O)c1ccc(C(=O)N2CCN(c3ccc(C4CCCCC4)cc3)CC2)cc1. The zero-order valence-corrected chi connectivity index (χ0v) is 16.7. The zero-order valence-electron chi connectivity index (χ0n) is 16.7. The summed E-state index contributed by atoms with van der Waals surface area (Å²) in [6.07, 6.45) is 6.70. The van der Waals surface area contributed by atoms with Crippen LogP contribution in [0.3, 0.4) is 0 Å². The number of hydrogen-bond donors (Lipinski definition) is 1. The average Bonchev–Trinajstić information content (AvgIpc) is 2.79. The number of carboxylic acids is 1. The maximum absolute atomic E-state index is 12.7. The molecule has 5 heteroatoms. The van der Waals surface area contributed by atoms with Crippen molar-refractivity contribution in [2.24, 2.45) is 0 Å². The van der Waals surface area contributed by atoms with Gasteiger partial charge in [-0.25, -0.2) is 4.79 Å². The molecular formula is C24H28N2O3. The smallest absolute Gasteiger partial charge is 0.335 e. The van der Waals surface area contributed by atoms with E-state index in [1.54, 1.807) is 12.1 Å². The van der Waals surface area contributed by atoms with Gasteiger partial charge in [-0.1, -0.05) is 31.4 Å². The molecule has 0 spiro atoms. The highest BCUT2D eigenvalue weighted by Crippen LogP contribution is 2.33. The number of anilines is 1. The third-order valence-electron chi connectivity index (χ3n) is 6.28. The Kier molecular flexibility index (Phi) is 5.84. The molecule has 29 heavy (non-hydrogen) atoms. The molecule has 2 fully saturated rings. The summed E-state index contributed by atoms with van der Waals surface area (Å²) in [7, 11) is 0. The highest BCUT2D eigenvalue weighted by atomic mass is 16.4. The van der Waals surface area contributed by atoms with Crippen molar-refractivity contribution in [3.8, 4) is 0 Å². The Bertz CT molecular complexity index is 847. The van der Waals surface area contributed by atoms with Crippen molar-refractivity contribution in [1.82, 2.24) is 4.90 Å². The fraction of sp³-hybridized carbons (Fsp3) is 0.417. The van der Waals surface area contributed by atoms with E-state index in [0.29, 0.717) is 18.7 Å². The minimum absolute atomic E-state index is 0.0331. The number of piperazine rings is 1. The Morgan fingerprint density at radius 1 is 0.759 bits per heavy atom. The lowest BCUT2D eigenvalue weighted by atomic mass is 9.84. The van der Waals surface area contributed by atoms with Gasteiger partial charge in [0.15, 0.2) is 0 Å². The molecule has 0 aromatic heterocycles. The number of hydrogen-bond acceptors (Lipinski definition) is 3. The molecular weight excluding hydrogens is 364 g/mol. The van der Waals surface area contributed by atoms with Gasteiger partial charge < -0.3 is 14.9 Å². The summed E-state index contributed by atoms with van der Waals surface area (Å²) in [5, 5.41) is 8.99. The van der Waals surface area contributed by atoms with Crippen LogP contribution in [0, 0.1) is 0 Å². The number of aromatic carboxylic acids is 1. The van der Waals surface area contributed by atoms with Crippen LogP contribution in [0.1, 0.15) is 64.3 Å². The molecule has 1 saturated heterocycles. The first kappa shape index (κ1) is 19.5. The first-order valence-electron chi connectivity index (χ1n) is 10.6. The lowest BCUT2D eigenvalue weighted by molar-refractivity contribution is 0.0693. The fourth-order valence-corrected chi connectivity index (χ4v) is 4.50. The standard InChI is InChI=1S/C24H28N2O3/c27-23(20-6-8-21(9-7-20)24(28)29)26-16-14-25(15-17-26)22-12-10-19(11-13-22)18-4-2-1-3-5-18/h6-13,18H,1-5,14-17H2,(H,28,29). The van der Waals surface area contributed by atoms with E-state index in [2.05, 4.69) is 29.2 Å². The van der Waals surface area contributed by atoms with Gasteiger partial charge in [0.1, 0.15) is 0 Å². The van der Waals surface area contributed by atoms with Gasteiger partial charge in [-0.3, -0.25) is 4.79 Å². The normalized spacial score (nSPS) is 17.9. The van der Waals surface area contributed by atoms with Crippen molar-refractivity contribution in [3.05, 3.63) is 65.2 Å².